The van der Waals surface area contributed by atoms with Crippen molar-refractivity contribution in [3.63, 3.8) is 0 Å². The molecule has 0 fully saturated rings. The average molecular weight is 607 g/mol. The number of ether oxygens (including phenoxy) is 1. The highest BCUT2D eigenvalue weighted by atomic mass is 35.5. The Hall–Kier alpha value is -3.92. The van der Waals surface area contributed by atoms with Gasteiger partial charge in [-0.2, -0.15) is 13.2 Å². The zero-order valence-electron chi connectivity index (χ0n) is 25.0. The summed E-state index contributed by atoms with van der Waals surface area (Å²) in [6.07, 6.45) is -4.56. The van der Waals surface area contributed by atoms with Gasteiger partial charge in [0.2, 0.25) is 0 Å². The predicted octanol–water partition coefficient (Wildman–Crippen LogP) is 9.29. The first kappa shape index (κ1) is 34.3. The number of hydrogen-bond donors (Lipinski definition) is 4. The Morgan fingerprint density at radius 2 is 1.26 bits per heavy atom. The van der Waals surface area contributed by atoms with Crippen molar-refractivity contribution in [3.8, 4) is 11.5 Å². The summed E-state index contributed by atoms with van der Waals surface area (Å²) in [6.45, 7) is 15.1. The Morgan fingerprint density at radius 1 is 0.738 bits per heavy atom. The molecule has 42 heavy (non-hydrogen) atoms. The molecule has 0 saturated heterocycles. The van der Waals surface area contributed by atoms with Gasteiger partial charge < -0.3 is 26.0 Å². The fourth-order valence-electron chi connectivity index (χ4n) is 3.42. The zero-order chi connectivity index (χ0) is 31.9. The molecule has 3 rings (SSSR count). The van der Waals surface area contributed by atoms with E-state index in [0.717, 1.165) is 34.8 Å². The number of aryl methyl sites for hydroxylation is 2. The summed E-state index contributed by atoms with van der Waals surface area (Å²) >= 11 is 5.48. The van der Waals surface area contributed by atoms with Crippen molar-refractivity contribution >= 4 is 35.0 Å². The molecular formula is C31H38ClF3N4O3. The minimum absolute atomic E-state index is 0.0264. The van der Waals surface area contributed by atoms with E-state index in [1.807, 2.05) is 77.1 Å². The lowest BCUT2D eigenvalue weighted by molar-refractivity contribution is -0.137. The number of benzene rings is 3. The normalized spacial score (nSPS) is 11.5. The summed E-state index contributed by atoms with van der Waals surface area (Å²) in [5, 5.41) is 10.2. The molecule has 0 aliphatic rings. The fourth-order valence-corrected chi connectivity index (χ4v) is 3.64. The summed E-state index contributed by atoms with van der Waals surface area (Å²) in [5.74, 6) is 1.51. The van der Waals surface area contributed by atoms with Crippen LogP contribution in [0.15, 0.2) is 60.7 Å². The minimum Gasteiger partial charge on any atom is -0.457 e. The van der Waals surface area contributed by atoms with E-state index >= 15 is 0 Å². The molecule has 0 unspecified atom stereocenters. The van der Waals surface area contributed by atoms with E-state index in [0.29, 0.717) is 5.69 Å². The van der Waals surface area contributed by atoms with Crippen LogP contribution in [0.3, 0.4) is 0 Å². The van der Waals surface area contributed by atoms with E-state index in [9.17, 15) is 22.8 Å². The monoisotopic (exact) mass is 606 g/mol. The van der Waals surface area contributed by atoms with Gasteiger partial charge in [-0.05, 0) is 103 Å². The number of carbonyl (C=O) groups excluding carboxylic acids is 2. The predicted molar refractivity (Wildman–Crippen MR) is 163 cm³/mol. The summed E-state index contributed by atoms with van der Waals surface area (Å²) < 4.78 is 43.8. The number of urea groups is 2. The highest BCUT2D eigenvalue weighted by molar-refractivity contribution is 6.31. The van der Waals surface area contributed by atoms with E-state index in [2.05, 4.69) is 21.3 Å². The molecule has 3 aromatic rings. The first-order valence-corrected chi connectivity index (χ1v) is 13.5. The van der Waals surface area contributed by atoms with Crippen molar-refractivity contribution in [2.24, 2.45) is 0 Å². The van der Waals surface area contributed by atoms with Crippen LogP contribution in [-0.2, 0) is 6.18 Å². The maximum atomic E-state index is 12.6. The SMILES string of the molecule is CC(C)(C)NC(=O)Nc1ccc(Cl)c(C(F)(F)F)c1.Cc1cccc(Oc2cc(NC(=O)NC(C)(C)C)ccc2C)c1. The van der Waals surface area contributed by atoms with E-state index in [4.69, 9.17) is 16.3 Å². The second kappa shape index (κ2) is 13.8. The van der Waals surface area contributed by atoms with Crippen LogP contribution in [0.2, 0.25) is 5.02 Å². The van der Waals surface area contributed by atoms with E-state index in [1.165, 1.54) is 6.07 Å². The molecule has 0 aliphatic carbocycles. The number of carbonyl (C=O) groups is 2. The van der Waals surface area contributed by atoms with Crippen molar-refractivity contribution in [2.45, 2.75) is 72.6 Å². The zero-order valence-corrected chi connectivity index (χ0v) is 25.8. The summed E-state index contributed by atoms with van der Waals surface area (Å²) in [7, 11) is 0. The van der Waals surface area contributed by atoms with Gasteiger partial charge in [0.1, 0.15) is 11.5 Å². The molecule has 0 heterocycles. The third-order valence-electron chi connectivity index (χ3n) is 5.17. The van der Waals surface area contributed by atoms with Crippen LogP contribution in [0.25, 0.3) is 0 Å². The maximum absolute atomic E-state index is 12.6. The number of amides is 4. The number of alkyl halides is 3. The van der Waals surface area contributed by atoms with Crippen LogP contribution in [-0.4, -0.2) is 23.1 Å². The Labute approximate surface area is 250 Å². The Balaban J connectivity index is 0.000000299. The van der Waals surface area contributed by atoms with Gasteiger partial charge in [0.25, 0.3) is 0 Å². The Kier molecular flexibility index (Phi) is 11.3. The molecule has 4 amide bonds. The molecule has 11 heteroatoms. The molecule has 0 aromatic heterocycles. The third-order valence-corrected chi connectivity index (χ3v) is 5.50. The molecule has 7 nitrogen and oxygen atoms in total. The van der Waals surface area contributed by atoms with Crippen molar-refractivity contribution in [3.05, 3.63) is 82.4 Å². The molecule has 0 aliphatic heterocycles. The topological polar surface area (TPSA) is 91.5 Å². The number of nitrogens with one attached hydrogen (secondary N) is 4. The molecule has 0 radical (unpaired) electrons. The molecular weight excluding hydrogens is 569 g/mol. The van der Waals surface area contributed by atoms with Crippen LogP contribution >= 0.6 is 11.6 Å². The van der Waals surface area contributed by atoms with Gasteiger partial charge in [-0.15, -0.1) is 0 Å². The maximum Gasteiger partial charge on any atom is 0.417 e. The first-order valence-electron chi connectivity index (χ1n) is 13.1. The minimum atomic E-state index is -4.56. The summed E-state index contributed by atoms with van der Waals surface area (Å²) in [6, 6.07) is 15.9. The quantitative estimate of drug-likeness (QED) is 0.238. The van der Waals surface area contributed by atoms with Gasteiger partial charge >= 0.3 is 18.2 Å². The molecule has 0 bridgehead atoms. The highest BCUT2D eigenvalue weighted by Gasteiger charge is 2.33. The molecule has 0 atom stereocenters. The summed E-state index contributed by atoms with van der Waals surface area (Å²) in [4.78, 5) is 23.5. The van der Waals surface area contributed by atoms with E-state index in [1.54, 1.807) is 20.8 Å². The molecule has 4 N–H and O–H groups in total. The standard InChI is InChI=1S/C19H24N2O2.C12H14ClF3N2O/c1-13-7-6-8-16(11-13)23-17-12-15(10-9-14(17)2)20-18(22)21-19(3,4)5;1-11(2,3)18-10(19)17-7-4-5-9(13)8(6-7)12(14,15)16/h6-12H,1-5H3,(H2,20,21,22);4-6H,1-3H3,(H2,17,18,19). The lowest BCUT2D eigenvalue weighted by atomic mass is 10.1. The van der Waals surface area contributed by atoms with Crippen LogP contribution < -0.4 is 26.0 Å². The van der Waals surface area contributed by atoms with Crippen LogP contribution in [0.4, 0.5) is 34.1 Å². The van der Waals surface area contributed by atoms with E-state index < -0.39 is 28.3 Å². The van der Waals surface area contributed by atoms with E-state index in [-0.39, 0.29) is 17.3 Å². The second-order valence-electron chi connectivity index (χ2n) is 11.7. The second-order valence-corrected chi connectivity index (χ2v) is 12.2. The molecule has 3 aromatic carbocycles. The Morgan fingerprint density at radius 3 is 1.76 bits per heavy atom. The fraction of sp³-hybridized carbons (Fsp3) is 0.355. The van der Waals surface area contributed by atoms with Crippen molar-refractivity contribution in [1.82, 2.24) is 10.6 Å². The van der Waals surface area contributed by atoms with Crippen molar-refractivity contribution in [2.75, 3.05) is 10.6 Å². The van der Waals surface area contributed by atoms with Crippen LogP contribution in [0.1, 0.15) is 58.2 Å². The van der Waals surface area contributed by atoms with Gasteiger partial charge in [-0.25, -0.2) is 9.59 Å². The summed E-state index contributed by atoms with van der Waals surface area (Å²) in [5.41, 5.74) is 1.12. The molecule has 0 saturated carbocycles. The largest absolute Gasteiger partial charge is 0.457 e. The van der Waals surface area contributed by atoms with Crippen molar-refractivity contribution < 1.29 is 27.5 Å². The first-order chi connectivity index (χ1) is 19.2. The third kappa shape index (κ3) is 12.3. The van der Waals surface area contributed by atoms with Gasteiger partial charge in [-0.3, -0.25) is 0 Å². The van der Waals surface area contributed by atoms with Crippen LogP contribution in [0.5, 0.6) is 11.5 Å². The lowest BCUT2D eigenvalue weighted by Gasteiger charge is -2.21. The lowest BCUT2D eigenvalue weighted by Crippen LogP contribution is -2.43. The Bertz CT molecular complexity index is 1400. The highest BCUT2D eigenvalue weighted by Crippen LogP contribution is 2.36. The van der Waals surface area contributed by atoms with Crippen molar-refractivity contribution in [1.29, 1.82) is 0 Å². The van der Waals surface area contributed by atoms with Gasteiger partial charge in [-0.1, -0.05) is 29.8 Å². The molecule has 228 valence electrons. The van der Waals surface area contributed by atoms with Gasteiger partial charge in [0.05, 0.1) is 10.6 Å². The molecule has 0 spiro atoms. The number of hydrogen-bond acceptors (Lipinski definition) is 3. The van der Waals surface area contributed by atoms with Gasteiger partial charge in [0.15, 0.2) is 0 Å². The van der Waals surface area contributed by atoms with Gasteiger partial charge in [0, 0.05) is 28.5 Å². The number of halogens is 4. The number of rotatable bonds is 4. The number of anilines is 2. The van der Waals surface area contributed by atoms with Crippen LogP contribution in [0, 0.1) is 13.8 Å². The average Bonchev–Trinajstić information content (AvgIpc) is 2.80. The smallest absolute Gasteiger partial charge is 0.417 e.